The average molecular weight is 427 g/mol. The largest absolute Gasteiger partial charge is 0.411 e. The summed E-state index contributed by atoms with van der Waals surface area (Å²) >= 11 is 0. The van der Waals surface area contributed by atoms with Gasteiger partial charge >= 0.3 is 12.2 Å². The summed E-state index contributed by atoms with van der Waals surface area (Å²) in [7, 11) is 0. The highest BCUT2D eigenvalue weighted by atomic mass is 19.4. The second-order valence-corrected chi connectivity index (χ2v) is 7.87. The lowest BCUT2D eigenvalue weighted by Gasteiger charge is -2.36. The Morgan fingerprint density at radius 2 is 1.57 bits per heavy atom. The standard InChI is InChI=1S/C21H28F3N3O3/c22-21(23,24)15-30-14-16-6-8-17(9-7-16)19(28)26-10-12-27(13-11-26)20(29)25-18-4-2-1-3-5-18/h6-9,18H,1-5,10-15H2,(H,25,29). The summed E-state index contributed by atoms with van der Waals surface area (Å²) in [6.45, 7) is 0.400. The summed E-state index contributed by atoms with van der Waals surface area (Å²) in [6.07, 6.45) is 1.24. The smallest absolute Gasteiger partial charge is 0.367 e. The fraction of sp³-hybridized carbons (Fsp3) is 0.619. The summed E-state index contributed by atoms with van der Waals surface area (Å²) in [5.74, 6) is -0.148. The van der Waals surface area contributed by atoms with Crippen molar-refractivity contribution in [3.63, 3.8) is 0 Å². The highest BCUT2D eigenvalue weighted by molar-refractivity contribution is 5.94. The molecule has 0 unspecified atom stereocenters. The molecule has 3 rings (SSSR count). The van der Waals surface area contributed by atoms with E-state index in [0.29, 0.717) is 37.3 Å². The molecule has 9 heteroatoms. The highest BCUT2D eigenvalue weighted by Gasteiger charge is 2.28. The number of rotatable bonds is 5. The van der Waals surface area contributed by atoms with Gasteiger partial charge in [0, 0.05) is 37.8 Å². The Balaban J connectivity index is 1.43. The molecule has 2 aliphatic rings. The van der Waals surface area contributed by atoms with Gasteiger partial charge in [-0.1, -0.05) is 31.4 Å². The molecule has 0 atom stereocenters. The molecular formula is C21H28F3N3O3. The average Bonchev–Trinajstić information content (AvgIpc) is 2.74. The van der Waals surface area contributed by atoms with Crippen LogP contribution in [0.2, 0.25) is 0 Å². The van der Waals surface area contributed by atoms with Gasteiger partial charge in [-0.3, -0.25) is 4.79 Å². The molecule has 0 aromatic heterocycles. The fourth-order valence-electron chi connectivity index (χ4n) is 3.84. The van der Waals surface area contributed by atoms with Crippen LogP contribution in [0.4, 0.5) is 18.0 Å². The fourth-order valence-corrected chi connectivity index (χ4v) is 3.84. The molecule has 166 valence electrons. The van der Waals surface area contributed by atoms with E-state index >= 15 is 0 Å². The molecule has 1 N–H and O–H groups in total. The second kappa shape index (κ2) is 10.1. The van der Waals surface area contributed by atoms with Crippen LogP contribution in [-0.2, 0) is 11.3 Å². The van der Waals surface area contributed by atoms with E-state index in [9.17, 15) is 22.8 Å². The molecule has 0 radical (unpaired) electrons. The molecule has 1 saturated carbocycles. The van der Waals surface area contributed by atoms with E-state index in [2.05, 4.69) is 10.1 Å². The first-order valence-electron chi connectivity index (χ1n) is 10.4. The van der Waals surface area contributed by atoms with Crippen molar-refractivity contribution < 1.29 is 27.5 Å². The number of halogens is 3. The number of alkyl halides is 3. The summed E-state index contributed by atoms with van der Waals surface area (Å²) in [6, 6.07) is 6.57. The first-order chi connectivity index (χ1) is 14.3. The van der Waals surface area contributed by atoms with Crippen molar-refractivity contribution in [3.05, 3.63) is 35.4 Å². The molecule has 6 nitrogen and oxygen atoms in total. The van der Waals surface area contributed by atoms with Gasteiger partial charge in [-0.2, -0.15) is 13.2 Å². The third-order valence-electron chi connectivity index (χ3n) is 5.52. The zero-order valence-electron chi connectivity index (χ0n) is 16.9. The maximum Gasteiger partial charge on any atom is 0.411 e. The van der Waals surface area contributed by atoms with E-state index < -0.39 is 12.8 Å². The molecule has 1 aromatic rings. The number of nitrogens with one attached hydrogen (secondary N) is 1. The molecule has 3 amide bonds. The minimum Gasteiger partial charge on any atom is -0.367 e. The number of piperazine rings is 1. The number of ether oxygens (including phenoxy) is 1. The monoisotopic (exact) mass is 427 g/mol. The van der Waals surface area contributed by atoms with Crippen molar-refractivity contribution in [3.8, 4) is 0 Å². The molecule has 0 spiro atoms. The minimum absolute atomic E-state index is 0.0581. The first kappa shape index (κ1) is 22.4. The van der Waals surface area contributed by atoms with Gasteiger partial charge in [0.25, 0.3) is 5.91 Å². The summed E-state index contributed by atoms with van der Waals surface area (Å²) in [5, 5.41) is 3.10. The van der Waals surface area contributed by atoms with Crippen molar-refractivity contribution in [2.45, 2.75) is 50.9 Å². The summed E-state index contributed by atoms with van der Waals surface area (Å²) in [5.41, 5.74) is 1.04. The molecule has 1 saturated heterocycles. The Kier molecular flexibility index (Phi) is 7.58. The second-order valence-electron chi connectivity index (χ2n) is 7.87. The van der Waals surface area contributed by atoms with Crippen LogP contribution in [0.5, 0.6) is 0 Å². The normalized spacial score (nSPS) is 18.4. The lowest BCUT2D eigenvalue weighted by Crippen LogP contribution is -2.54. The van der Waals surface area contributed by atoms with Gasteiger partial charge in [-0.15, -0.1) is 0 Å². The van der Waals surface area contributed by atoms with Crippen molar-refractivity contribution >= 4 is 11.9 Å². The third kappa shape index (κ3) is 6.62. The number of carbonyl (C=O) groups excluding carboxylic acids is 2. The quantitative estimate of drug-likeness (QED) is 0.782. The van der Waals surface area contributed by atoms with Crippen molar-refractivity contribution in [1.82, 2.24) is 15.1 Å². The molecule has 0 bridgehead atoms. The number of hydrogen-bond acceptors (Lipinski definition) is 3. The molecule has 1 aliphatic heterocycles. The van der Waals surface area contributed by atoms with Crippen LogP contribution in [0, 0.1) is 0 Å². The lowest BCUT2D eigenvalue weighted by atomic mass is 9.96. The van der Waals surface area contributed by atoms with E-state index in [-0.39, 0.29) is 24.6 Å². The topological polar surface area (TPSA) is 61.9 Å². The maximum atomic E-state index is 12.7. The van der Waals surface area contributed by atoms with Crippen LogP contribution in [0.25, 0.3) is 0 Å². The van der Waals surface area contributed by atoms with Crippen LogP contribution in [0.1, 0.15) is 48.0 Å². The Morgan fingerprint density at radius 1 is 0.967 bits per heavy atom. The Labute approximate surface area is 174 Å². The highest BCUT2D eigenvalue weighted by Crippen LogP contribution is 2.18. The number of nitrogens with zero attached hydrogens (tertiary/aromatic N) is 2. The van der Waals surface area contributed by atoms with Crippen LogP contribution < -0.4 is 5.32 Å². The van der Waals surface area contributed by atoms with Crippen molar-refractivity contribution in [2.24, 2.45) is 0 Å². The zero-order valence-corrected chi connectivity index (χ0v) is 16.9. The summed E-state index contributed by atoms with van der Waals surface area (Å²) in [4.78, 5) is 28.5. The van der Waals surface area contributed by atoms with Gasteiger partial charge in [-0.05, 0) is 30.5 Å². The van der Waals surface area contributed by atoms with Crippen LogP contribution in [0.15, 0.2) is 24.3 Å². The maximum absolute atomic E-state index is 12.7. The van der Waals surface area contributed by atoms with E-state index in [1.54, 1.807) is 34.1 Å². The predicted octanol–water partition coefficient (Wildman–Crippen LogP) is 3.57. The predicted molar refractivity (Wildman–Crippen MR) is 105 cm³/mol. The Hall–Kier alpha value is -2.29. The molecule has 1 aromatic carbocycles. The van der Waals surface area contributed by atoms with E-state index in [1.807, 2.05) is 0 Å². The van der Waals surface area contributed by atoms with Gasteiger partial charge in [0.2, 0.25) is 0 Å². The lowest BCUT2D eigenvalue weighted by molar-refractivity contribution is -0.176. The Morgan fingerprint density at radius 3 is 2.17 bits per heavy atom. The van der Waals surface area contributed by atoms with Gasteiger partial charge in [-0.25, -0.2) is 4.79 Å². The molecule has 1 heterocycles. The zero-order chi connectivity index (χ0) is 21.6. The van der Waals surface area contributed by atoms with Crippen LogP contribution >= 0.6 is 0 Å². The number of urea groups is 1. The minimum atomic E-state index is -4.36. The van der Waals surface area contributed by atoms with Crippen molar-refractivity contribution in [1.29, 1.82) is 0 Å². The van der Waals surface area contributed by atoms with E-state index in [4.69, 9.17) is 0 Å². The molecule has 30 heavy (non-hydrogen) atoms. The Bertz CT molecular complexity index is 710. The summed E-state index contributed by atoms with van der Waals surface area (Å²) < 4.78 is 41.0. The van der Waals surface area contributed by atoms with Gasteiger partial charge in [0.1, 0.15) is 6.61 Å². The van der Waals surface area contributed by atoms with Crippen molar-refractivity contribution in [2.75, 3.05) is 32.8 Å². The van der Waals surface area contributed by atoms with Gasteiger partial charge in [0.05, 0.1) is 6.61 Å². The molecule has 2 fully saturated rings. The van der Waals surface area contributed by atoms with Crippen LogP contribution in [0.3, 0.4) is 0 Å². The van der Waals surface area contributed by atoms with E-state index in [0.717, 1.165) is 25.7 Å². The first-order valence-corrected chi connectivity index (χ1v) is 10.4. The number of carbonyl (C=O) groups is 2. The number of benzene rings is 1. The van der Waals surface area contributed by atoms with E-state index in [1.165, 1.54) is 6.42 Å². The molecule has 1 aliphatic carbocycles. The van der Waals surface area contributed by atoms with Gasteiger partial charge in [0.15, 0.2) is 0 Å². The van der Waals surface area contributed by atoms with Crippen LogP contribution in [-0.4, -0.2) is 66.7 Å². The molecular weight excluding hydrogens is 399 g/mol. The SMILES string of the molecule is O=C(NC1CCCCC1)N1CCN(C(=O)c2ccc(COCC(F)(F)F)cc2)CC1. The van der Waals surface area contributed by atoms with Gasteiger partial charge < -0.3 is 19.9 Å². The third-order valence-corrected chi connectivity index (χ3v) is 5.52. The number of hydrogen-bond donors (Lipinski definition) is 1. The number of amides is 3.